The molecule has 7 nitrogen and oxygen atoms in total. The van der Waals surface area contributed by atoms with Gasteiger partial charge in [0.1, 0.15) is 5.75 Å². The molecule has 0 bridgehead atoms. The van der Waals surface area contributed by atoms with Gasteiger partial charge in [0.15, 0.2) is 5.96 Å². The first-order valence-electron chi connectivity index (χ1n) is 10.8. The molecule has 2 atom stereocenters. The Balaban J connectivity index is 1.47. The maximum absolute atomic E-state index is 10.5. The molecule has 3 N–H and O–H groups in total. The summed E-state index contributed by atoms with van der Waals surface area (Å²) in [6, 6.07) is 7.92. The first-order valence-corrected chi connectivity index (χ1v) is 10.8. The van der Waals surface area contributed by atoms with Crippen molar-refractivity contribution in [2.75, 3.05) is 53.0 Å². The largest absolute Gasteiger partial charge is 0.497 e. The average molecular weight is 405 g/mol. The molecule has 0 saturated carbocycles. The number of nitrogens with one attached hydrogen (secondary N) is 2. The summed E-state index contributed by atoms with van der Waals surface area (Å²) >= 11 is 0. The zero-order valence-electron chi connectivity index (χ0n) is 17.8. The van der Waals surface area contributed by atoms with Crippen LogP contribution in [-0.2, 0) is 4.74 Å². The Morgan fingerprint density at radius 1 is 1.34 bits per heavy atom. The Hall–Kier alpha value is -1.83. The van der Waals surface area contributed by atoms with Gasteiger partial charge < -0.3 is 30.1 Å². The quantitative estimate of drug-likeness (QED) is 0.453. The third kappa shape index (κ3) is 6.87. The Morgan fingerprint density at radius 3 is 2.86 bits per heavy atom. The van der Waals surface area contributed by atoms with Gasteiger partial charge in [-0.3, -0.25) is 4.99 Å². The number of piperidine rings is 1. The molecule has 162 valence electrons. The second kappa shape index (κ2) is 11.4. The van der Waals surface area contributed by atoms with Gasteiger partial charge in [-0.1, -0.05) is 12.1 Å². The summed E-state index contributed by atoms with van der Waals surface area (Å²) in [5, 5.41) is 17.4. The van der Waals surface area contributed by atoms with Crippen molar-refractivity contribution in [3.63, 3.8) is 0 Å². The van der Waals surface area contributed by atoms with E-state index in [0.717, 1.165) is 69.5 Å². The molecule has 2 unspecified atom stereocenters. The minimum absolute atomic E-state index is 0.309. The highest BCUT2D eigenvalue weighted by atomic mass is 16.5. The molecule has 2 aliphatic heterocycles. The standard InChI is InChI=1S/C22H36N4O3/c1-3-23-22(24-14-21(27)18-5-4-6-20(13-18)28-2)25-19-7-10-26(11-8-19)15-17-9-12-29-16-17/h4-6,13,17,19,21,27H,3,7-12,14-16H2,1-2H3,(H2,23,24,25). The number of likely N-dealkylation sites (tertiary alicyclic amines) is 1. The van der Waals surface area contributed by atoms with Crippen molar-refractivity contribution in [3.8, 4) is 5.75 Å². The minimum atomic E-state index is -0.656. The number of aliphatic imine (C=N–C) groups is 1. The van der Waals surface area contributed by atoms with Gasteiger partial charge in [0.05, 0.1) is 26.4 Å². The summed E-state index contributed by atoms with van der Waals surface area (Å²) in [5.74, 6) is 2.22. The van der Waals surface area contributed by atoms with Crippen LogP contribution in [0.5, 0.6) is 5.75 Å². The summed E-state index contributed by atoms with van der Waals surface area (Å²) in [4.78, 5) is 7.18. The monoisotopic (exact) mass is 404 g/mol. The van der Waals surface area contributed by atoms with Crippen molar-refractivity contribution in [3.05, 3.63) is 29.8 Å². The third-order valence-electron chi connectivity index (χ3n) is 5.71. The second-order valence-electron chi connectivity index (χ2n) is 7.96. The predicted octanol–water partition coefficient (Wildman–Crippen LogP) is 1.78. The van der Waals surface area contributed by atoms with Gasteiger partial charge in [-0.15, -0.1) is 0 Å². The number of hydrogen-bond acceptors (Lipinski definition) is 5. The van der Waals surface area contributed by atoms with Gasteiger partial charge in [0.2, 0.25) is 0 Å². The lowest BCUT2D eigenvalue weighted by atomic mass is 10.0. The summed E-state index contributed by atoms with van der Waals surface area (Å²) in [6.45, 7) is 8.39. The van der Waals surface area contributed by atoms with E-state index in [1.54, 1.807) is 7.11 Å². The fourth-order valence-electron chi connectivity index (χ4n) is 4.00. The van der Waals surface area contributed by atoms with Crippen LogP contribution in [0, 0.1) is 5.92 Å². The van der Waals surface area contributed by atoms with Crippen LogP contribution >= 0.6 is 0 Å². The van der Waals surface area contributed by atoms with Crippen molar-refractivity contribution in [1.29, 1.82) is 0 Å². The molecule has 2 saturated heterocycles. The Bertz CT molecular complexity index is 641. The fraction of sp³-hybridized carbons (Fsp3) is 0.682. The highest BCUT2D eigenvalue weighted by Gasteiger charge is 2.24. The number of nitrogens with zero attached hydrogens (tertiary/aromatic N) is 2. The van der Waals surface area contributed by atoms with Crippen LogP contribution in [-0.4, -0.2) is 75.1 Å². The van der Waals surface area contributed by atoms with Crippen molar-refractivity contribution >= 4 is 5.96 Å². The lowest BCUT2D eigenvalue weighted by molar-refractivity contribution is 0.150. The predicted molar refractivity (Wildman–Crippen MR) is 115 cm³/mol. The Labute approximate surface area is 174 Å². The molecule has 0 aromatic heterocycles. The fourth-order valence-corrected chi connectivity index (χ4v) is 4.00. The number of aliphatic hydroxyl groups excluding tert-OH is 1. The number of guanidine groups is 1. The topological polar surface area (TPSA) is 78.4 Å². The highest BCUT2D eigenvalue weighted by Crippen LogP contribution is 2.20. The van der Waals surface area contributed by atoms with E-state index in [4.69, 9.17) is 9.47 Å². The molecule has 2 heterocycles. The summed E-state index contributed by atoms with van der Waals surface area (Å²) in [6.07, 6.45) is 2.76. The summed E-state index contributed by atoms with van der Waals surface area (Å²) < 4.78 is 10.7. The molecule has 0 radical (unpaired) electrons. The van der Waals surface area contributed by atoms with Gasteiger partial charge >= 0.3 is 0 Å². The zero-order chi connectivity index (χ0) is 20.5. The van der Waals surface area contributed by atoms with E-state index < -0.39 is 6.10 Å². The van der Waals surface area contributed by atoms with E-state index in [9.17, 15) is 5.11 Å². The number of ether oxygens (including phenoxy) is 2. The van der Waals surface area contributed by atoms with Crippen molar-refractivity contribution < 1.29 is 14.6 Å². The molecule has 2 fully saturated rings. The number of methoxy groups -OCH3 is 1. The average Bonchev–Trinajstić information content (AvgIpc) is 3.26. The van der Waals surface area contributed by atoms with Crippen LogP contribution < -0.4 is 15.4 Å². The molecule has 29 heavy (non-hydrogen) atoms. The number of hydrogen-bond donors (Lipinski definition) is 3. The van der Waals surface area contributed by atoms with Crippen molar-refractivity contribution in [2.24, 2.45) is 10.9 Å². The number of aliphatic hydroxyl groups is 1. The molecule has 0 spiro atoms. The number of rotatable bonds is 8. The summed E-state index contributed by atoms with van der Waals surface area (Å²) in [5.41, 5.74) is 0.813. The first kappa shape index (κ1) is 21.9. The van der Waals surface area contributed by atoms with Gasteiger partial charge in [-0.25, -0.2) is 0 Å². The maximum atomic E-state index is 10.5. The van der Waals surface area contributed by atoms with Crippen molar-refractivity contribution in [2.45, 2.75) is 38.3 Å². The van der Waals surface area contributed by atoms with Crippen LogP contribution in [0.15, 0.2) is 29.3 Å². The Morgan fingerprint density at radius 2 is 2.17 bits per heavy atom. The van der Waals surface area contributed by atoms with Crippen LogP contribution in [0.25, 0.3) is 0 Å². The van der Waals surface area contributed by atoms with Gasteiger partial charge in [-0.05, 0) is 49.8 Å². The second-order valence-corrected chi connectivity index (χ2v) is 7.96. The highest BCUT2D eigenvalue weighted by molar-refractivity contribution is 5.80. The molecule has 0 aliphatic carbocycles. The van der Waals surface area contributed by atoms with Crippen LogP contribution in [0.4, 0.5) is 0 Å². The van der Waals surface area contributed by atoms with Crippen molar-refractivity contribution in [1.82, 2.24) is 15.5 Å². The van der Waals surface area contributed by atoms with Crippen LogP contribution in [0.2, 0.25) is 0 Å². The van der Waals surface area contributed by atoms with E-state index in [0.29, 0.717) is 18.5 Å². The number of benzene rings is 1. The molecule has 1 aromatic carbocycles. The SMILES string of the molecule is CCNC(=NCC(O)c1cccc(OC)c1)NC1CCN(CC2CCOC2)CC1. The normalized spacial score (nSPS) is 22.4. The maximum Gasteiger partial charge on any atom is 0.191 e. The van der Waals surface area contributed by atoms with E-state index in [2.05, 4.69) is 27.4 Å². The van der Waals surface area contributed by atoms with E-state index in [-0.39, 0.29) is 0 Å². The molecule has 3 rings (SSSR count). The van der Waals surface area contributed by atoms with Gasteiger partial charge in [0, 0.05) is 38.8 Å². The van der Waals surface area contributed by atoms with Crippen LogP contribution in [0.1, 0.15) is 37.9 Å². The van der Waals surface area contributed by atoms with Crippen LogP contribution in [0.3, 0.4) is 0 Å². The molecular weight excluding hydrogens is 368 g/mol. The van der Waals surface area contributed by atoms with Gasteiger partial charge in [-0.2, -0.15) is 0 Å². The lowest BCUT2D eigenvalue weighted by Crippen LogP contribution is -2.49. The third-order valence-corrected chi connectivity index (χ3v) is 5.71. The Kier molecular flexibility index (Phi) is 8.58. The van der Waals surface area contributed by atoms with E-state index in [1.807, 2.05) is 24.3 Å². The summed E-state index contributed by atoms with van der Waals surface area (Å²) in [7, 11) is 1.63. The first-order chi connectivity index (χ1) is 14.2. The van der Waals surface area contributed by atoms with E-state index in [1.165, 1.54) is 6.42 Å². The molecule has 2 aliphatic rings. The minimum Gasteiger partial charge on any atom is -0.497 e. The molecule has 1 aromatic rings. The lowest BCUT2D eigenvalue weighted by Gasteiger charge is -2.34. The van der Waals surface area contributed by atoms with Gasteiger partial charge in [0.25, 0.3) is 0 Å². The van der Waals surface area contributed by atoms with E-state index >= 15 is 0 Å². The smallest absolute Gasteiger partial charge is 0.191 e. The molecule has 0 amide bonds. The molecular formula is C22H36N4O3. The zero-order valence-corrected chi connectivity index (χ0v) is 17.8. The molecule has 7 heteroatoms.